The summed E-state index contributed by atoms with van der Waals surface area (Å²) in [6.07, 6.45) is 4.98. The van der Waals surface area contributed by atoms with Crippen molar-refractivity contribution in [3.8, 4) is 0 Å². The Hall–Kier alpha value is -1.19. The van der Waals surface area contributed by atoms with Gasteiger partial charge in [-0.25, -0.2) is 4.98 Å². The third-order valence-corrected chi connectivity index (χ3v) is 5.63. The van der Waals surface area contributed by atoms with E-state index < -0.39 is 0 Å². The van der Waals surface area contributed by atoms with Crippen LogP contribution in [0.15, 0.2) is 35.7 Å². The van der Waals surface area contributed by atoms with Crippen LogP contribution in [0.4, 0.5) is 0 Å². The first kappa shape index (κ1) is 14.7. The summed E-state index contributed by atoms with van der Waals surface area (Å²) in [5, 5.41) is 7.03. The molecule has 0 amide bonds. The lowest BCUT2D eigenvalue weighted by atomic mass is 10.0. The van der Waals surface area contributed by atoms with Gasteiger partial charge >= 0.3 is 0 Å². The van der Waals surface area contributed by atoms with Crippen molar-refractivity contribution in [2.75, 3.05) is 7.05 Å². The highest BCUT2D eigenvalue weighted by atomic mass is 32.1. The topological polar surface area (TPSA) is 24.9 Å². The maximum absolute atomic E-state index is 4.92. The van der Waals surface area contributed by atoms with Crippen LogP contribution in [0, 0.1) is 5.92 Å². The monoisotopic (exact) mass is 300 g/mol. The van der Waals surface area contributed by atoms with Gasteiger partial charge in [-0.05, 0) is 31.4 Å². The van der Waals surface area contributed by atoms with Gasteiger partial charge in [-0.2, -0.15) is 0 Å². The van der Waals surface area contributed by atoms with Crippen molar-refractivity contribution >= 4 is 11.3 Å². The average Bonchev–Trinajstić information content (AvgIpc) is 3.14. The molecule has 3 rings (SSSR count). The van der Waals surface area contributed by atoms with Crippen LogP contribution in [0.2, 0.25) is 0 Å². The van der Waals surface area contributed by atoms with Crippen molar-refractivity contribution in [1.82, 2.24) is 10.3 Å². The number of aromatic nitrogens is 1. The van der Waals surface area contributed by atoms with E-state index in [1.807, 2.05) is 18.4 Å². The molecular formula is C18H24N2S. The molecule has 2 aromatic rings. The number of likely N-dealkylation sites (N-methyl/N-ethyl adjacent to an activating group) is 1. The maximum Gasteiger partial charge on any atom is 0.0959 e. The molecule has 1 heterocycles. The molecule has 1 aromatic carbocycles. The summed E-state index contributed by atoms with van der Waals surface area (Å²) in [7, 11) is 2.03. The number of hydrogen-bond donors (Lipinski definition) is 1. The molecule has 1 fully saturated rings. The first-order valence-electron chi connectivity index (χ1n) is 7.92. The Bertz CT molecular complexity index is 564. The third-order valence-electron chi connectivity index (χ3n) is 4.58. The summed E-state index contributed by atoms with van der Waals surface area (Å²) < 4.78 is 0. The molecule has 1 aliphatic carbocycles. The summed E-state index contributed by atoms with van der Waals surface area (Å²) in [4.78, 5) is 4.92. The van der Waals surface area contributed by atoms with E-state index in [1.54, 1.807) is 0 Å². The molecule has 21 heavy (non-hydrogen) atoms. The molecule has 3 unspecified atom stereocenters. The third kappa shape index (κ3) is 3.53. The molecule has 1 aliphatic rings. The van der Waals surface area contributed by atoms with E-state index >= 15 is 0 Å². The van der Waals surface area contributed by atoms with Crippen LogP contribution in [0.1, 0.15) is 54.4 Å². The summed E-state index contributed by atoms with van der Waals surface area (Å²) in [6, 6.07) is 11.0. The fraction of sp³-hybridized carbons (Fsp3) is 0.500. The van der Waals surface area contributed by atoms with Gasteiger partial charge < -0.3 is 5.32 Å². The Labute approximate surface area is 131 Å². The van der Waals surface area contributed by atoms with Crippen LogP contribution in [0.5, 0.6) is 0 Å². The quantitative estimate of drug-likeness (QED) is 0.876. The second kappa shape index (κ2) is 6.71. The molecule has 0 spiro atoms. The zero-order chi connectivity index (χ0) is 14.7. The zero-order valence-corrected chi connectivity index (χ0v) is 13.7. The minimum absolute atomic E-state index is 0.351. The lowest BCUT2D eigenvalue weighted by Gasteiger charge is -2.15. The fourth-order valence-corrected chi connectivity index (χ4v) is 4.30. The largest absolute Gasteiger partial charge is 0.313 e. The Morgan fingerprint density at radius 3 is 2.76 bits per heavy atom. The molecule has 3 heteroatoms. The van der Waals surface area contributed by atoms with E-state index in [-0.39, 0.29) is 0 Å². The summed E-state index contributed by atoms with van der Waals surface area (Å²) in [5.74, 6) is 1.58. The number of nitrogens with one attached hydrogen (secondary N) is 1. The van der Waals surface area contributed by atoms with Gasteiger partial charge in [0, 0.05) is 23.8 Å². The average molecular weight is 300 g/mol. The second-order valence-corrected chi connectivity index (χ2v) is 7.14. The predicted octanol–water partition coefficient (Wildman–Crippen LogP) is 4.55. The van der Waals surface area contributed by atoms with Crippen molar-refractivity contribution in [2.45, 2.75) is 44.6 Å². The molecule has 0 saturated heterocycles. The highest BCUT2D eigenvalue weighted by Crippen LogP contribution is 2.39. The predicted molar refractivity (Wildman–Crippen MR) is 89.8 cm³/mol. The van der Waals surface area contributed by atoms with Gasteiger partial charge in [-0.15, -0.1) is 11.3 Å². The van der Waals surface area contributed by atoms with E-state index in [1.165, 1.54) is 35.5 Å². The van der Waals surface area contributed by atoms with Crippen molar-refractivity contribution < 1.29 is 0 Å². The number of benzene rings is 1. The minimum Gasteiger partial charge on any atom is -0.313 e. The van der Waals surface area contributed by atoms with Gasteiger partial charge in [0.15, 0.2) is 0 Å². The van der Waals surface area contributed by atoms with Crippen molar-refractivity contribution in [1.29, 1.82) is 0 Å². The van der Waals surface area contributed by atoms with Gasteiger partial charge in [0.1, 0.15) is 0 Å². The van der Waals surface area contributed by atoms with Gasteiger partial charge in [0.25, 0.3) is 0 Å². The van der Waals surface area contributed by atoms with Crippen molar-refractivity contribution in [3.63, 3.8) is 0 Å². The summed E-state index contributed by atoms with van der Waals surface area (Å²) >= 11 is 1.86. The van der Waals surface area contributed by atoms with Crippen LogP contribution < -0.4 is 5.32 Å². The van der Waals surface area contributed by atoms with Gasteiger partial charge in [0.05, 0.1) is 10.7 Å². The number of nitrogens with zero attached hydrogens (tertiary/aromatic N) is 1. The summed E-state index contributed by atoms with van der Waals surface area (Å²) in [6.45, 7) is 2.36. The Kier molecular flexibility index (Phi) is 4.71. The maximum atomic E-state index is 4.92. The van der Waals surface area contributed by atoms with E-state index in [0.717, 1.165) is 12.3 Å². The van der Waals surface area contributed by atoms with Gasteiger partial charge in [0.2, 0.25) is 0 Å². The van der Waals surface area contributed by atoms with Crippen LogP contribution in [0.25, 0.3) is 0 Å². The molecule has 1 saturated carbocycles. The van der Waals surface area contributed by atoms with Crippen molar-refractivity contribution in [2.24, 2.45) is 5.92 Å². The molecule has 0 radical (unpaired) electrons. The lowest BCUT2D eigenvalue weighted by Crippen LogP contribution is -2.18. The standard InChI is InChI=1S/C18H24N2S/c1-13-8-9-15(10-13)18-20-16(12-21-18)11-17(19-2)14-6-4-3-5-7-14/h3-7,12-13,15,17,19H,8-11H2,1-2H3. The highest BCUT2D eigenvalue weighted by molar-refractivity contribution is 7.09. The fourth-order valence-electron chi connectivity index (χ4n) is 3.32. The molecule has 1 N–H and O–H groups in total. The van der Waals surface area contributed by atoms with Crippen molar-refractivity contribution in [3.05, 3.63) is 52.0 Å². The summed E-state index contributed by atoms with van der Waals surface area (Å²) in [5.41, 5.74) is 2.57. The molecule has 1 aromatic heterocycles. The Morgan fingerprint density at radius 1 is 1.29 bits per heavy atom. The molecule has 3 atom stereocenters. The van der Waals surface area contributed by atoms with Crippen LogP contribution in [-0.2, 0) is 6.42 Å². The normalized spacial score (nSPS) is 23.3. The Balaban J connectivity index is 1.69. The van der Waals surface area contributed by atoms with E-state index in [2.05, 4.69) is 48.0 Å². The highest BCUT2D eigenvalue weighted by Gasteiger charge is 2.25. The van der Waals surface area contributed by atoms with Crippen LogP contribution in [0.3, 0.4) is 0 Å². The molecular weight excluding hydrogens is 276 g/mol. The lowest BCUT2D eigenvalue weighted by molar-refractivity contribution is 0.579. The number of rotatable bonds is 5. The van der Waals surface area contributed by atoms with Crippen LogP contribution in [-0.4, -0.2) is 12.0 Å². The molecule has 2 nitrogen and oxygen atoms in total. The van der Waals surface area contributed by atoms with Gasteiger partial charge in [-0.3, -0.25) is 0 Å². The zero-order valence-electron chi connectivity index (χ0n) is 12.9. The smallest absolute Gasteiger partial charge is 0.0959 e. The van der Waals surface area contributed by atoms with E-state index in [4.69, 9.17) is 4.98 Å². The van der Waals surface area contributed by atoms with E-state index in [0.29, 0.717) is 12.0 Å². The van der Waals surface area contributed by atoms with E-state index in [9.17, 15) is 0 Å². The number of thiazole rings is 1. The SMILES string of the molecule is CNC(Cc1csc(C2CCC(C)C2)n1)c1ccccc1. The first-order chi connectivity index (χ1) is 10.3. The Morgan fingerprint density at radius 2 is 2.10 bits per heavy atom. The minimum atomic E-state index is 0.351. The molecule has 112 valence electrons. The second-order valence-electron chi connectivity index (χ2n) is 6.25. The molecule has 0 aliphatic heterocycles. The molecule has 0 bridgehead atoms. The first-order valence-corrected chi connectivity index (χ1v) is 8.80. The van der Waals surface area contributed by atoms with Crippen LogP contribution >= 0.6 is 11.3 Å². The van der Waals surface area contributed by atoms with Gasteiger partial charge in [-0.1, -0.05) is 43.7 Å². The number of hydrogen-bond acceptors (Lipinski definition) is 3.